The van der Waals surface area contributed by atoms with Gasteiger partial charge in [0.15, 0.2) is 5.13 Å². The quantitative estimate of drug-likeness (QED) is 0.940. The molecule has 1 saturated heterocycles. The third-order valence-electron chi connectivity index (χ3n) is 3.97. The van der Waals surface area contributed by atoms with E-state index in [0.29, 0.717) is 0 Å². The first-order valence-electron chi connectivity index (χ1n) is 7.48. The normalized spacial score (nSPS) is 17.2. The second kappa shape index (κ2) is 6.89. The van der Waals surface area contributed by atoms with Crippen LogP contribution in [0.4, 0.5) is 10.8 Å². The van der Waals surface area contributed by atoms with Crippen molar-refractivity contribution in [3.8, 4) is 0 Å². The monoisotopic (exact) mass is 316 g/mol. The lowest BCUT2D eigenvalue weighted by Gasteiger charge is -2.37. The first kappa shape index (κ1) is 15.0. The maximum atomic E-state index is 12.3. The maximum Gasteiger partial charge on any atom is 0.241 e. The van der Waals surface area contributed by atoms with Crippen LogP contribution in [0.1, 0.15) is 6.92 Å². The SMILES string of the molecule is CC(C(=O)Nc1ccccc1)N1CCN(c2nccs2)CC1. The van der Waals surface area contributed by atoms with E-state index < -0.39 is 0 Å². The number of anilines is 2. The van der Waals surface area contributed by atoms with Gasteiger partial charge in [0.2, 0.25) is 5.91 Å². The summed E-state index contributed by atoms with van der Waals surface area (Å²) in [6.45, 7) is 5.55. The van der Waals surface area contributed by atoms with E-state index in [-0.39, 0.29) is 11.9 Å². The summed E-state index contributed by atoms with van der Waals surface area (Å²) >= 11 is 1.66. The maximum absolute atomic E-state index is 12.3. The van der Waals surface area contributed by atoms with Crippen molar-refractivity contribution in [2.45, 2.75) is 13.0 Å². The number of nitrogens with zero attached hydrogens (tertiary/aromatic N) is 3. The molecule has 6 heteroatoms. The molecule has 1 atom stereocenters. The molecule has 0 radical (unpaired) electrons. The Hall–Kier alpha value is -1.92. The van der Waals surface area contributed by atoms with Crippen molar-refractivity contribution >= 4 is 28.1 Å². The van der Waals surface area contributed by atoms with E-state index >= 15 is 0 Å². The molecule has 1 aliphatic rings. The second-order valence-corrected chi connectivity index (χ2v) is 6.24. The fourth-order valence-electron chi connectivity index (χ4n) is 2.61. The summed E-state index contributed by atoms with van der Waals surface area (Å²) in [6.07, 6.45) is 1.84. The molecule has 0 aliphatic carbocycles. The van der Waals surface area contributed by atoms with Gasteiger partial charge in [0.1, 0.15) is 0 Å². The van der Waals surface area contributed by atoms with Crippen molar-refractivity contribution < 1.29 is 4.79 Å². The minimum Gasteiger partial charge on any atom is -0.346 e. The van der Waals surface area contributed by atoms with Crippen molar-refractivity contribution in [3.63, 3.8) is 0 Å². The molecule has 1 amide bonds. The zero-order valence-electron chi connectivity index (χ0n) is 12.6. The van der Waals surface area contributed by atoms with E-state index in [4.69, 9.17) is 0 Å². The molecular formula is C16H20N4OS. The molecule has 5 nitrogen and oxygen atoms in total. The van der Waals surface area contributed by atoms with Crippen LogP contribution in [0.3, 0.4) is 0 Å². The number of carbonyl (C=O) groups is 1. The van der Waals surface area contributed by atoms with Crippen LogP contribution >= 0.6 is 11.3 Å². The number of rotatable bonds is 4. The molecule has 1 unspecified atom stereocenters. The largest absolute Gasteiger partial charge is 0.346 e. The zero-order chi connectivity index (χ0) is 15.4. The molecule has 1 fully saturated rings. The van der Waals surface area contributed by atoms with Gasteiger partial charge in [-0.05, 0) is 19.1 Å². The van der Waals surface area contributed by atoms with Gasteiger partial charge in [0.05, 0.1) is 6.04 Å². The molecule has 1 aromatic heterocycles. The number of nitrogens with one attached hydrogen (secondary N) is 1. The Morgan fingerprint density at radius 3 is 2.59 bits per heavy atom. The number of hydrogen-bond donors (Lipinski definition) is 1. The highest BCUT2D eigenvalue weighted by Crippen LogP contribution is 2.19. The number of para-hydroxylation sites is 1. The number of thiazole rings is 1. The predicted molar refractivity (Wildman–Crippen MR) is 90.4 cm³/mol. The number of hydrogen-bond acceptors (Lipinski definition) is 5. The van der Waals surface area contributed by atoms with Crippen LogP contribution in [0.2, 0.25) is 0 Å². The smallest absolute Gasteiger partial charge is 0.241 e. The van der Waals surface area contributed by atoms with Crippen molar-refractivity contribution in [1.29, 1.82) is 0 Å². The standard InChI is InChI=1S/C16H20N4OS/c1-13(15(21)18-14-5-3-2-4-6-14)19-8-10-20(11-9-19)16-17-7-12-22-16/h2-7,12-13H,8-11H2,1H3,(H,18,21). The molecule has 2 heterocycles. The van der Waals surface area contributed by atoms with E-state index in [1.165, 1.54) is 0 Å². The van der Waals surface area contributed by atoms with Crippen molar-refractivity contribution in [2.24, 2.45) is 0 Å². The molecule has 1 N–H and O–H groups in total. The lowest BCUT2D eigenvalue weighted by Crippen LogP contribution is -2.52. The third kappa shape index (κ3) is 3.45. The Kier molecular flexibility index (Phi) is 4.70. The molecular weight excluding hydrogens is 296 g/mol. The summed E-state index contributed by atoms with van der Waals surface area (Å²) in [4.78, 5) is 21.2. The van der Waals surface area contributed by atoms with Gasteiger partial charge < -0.3 is 10.2 Å². The summed E-state index contributed by atoms with van der Waals surface area (Å²) in [6, 6.07) is 9.48. The molecule has 0 spiro atoms. The topological polar surface area (TPSA) is 48.5 Å². The van der Waals surface area contributed by atoms with Crippen LogP contribution < -0.4 is 10.2 Å². The van der Waals surface area contributed by atoms with Gasteiger partial charge in [-0.15, -0.1) is 11.3 Å². The van der Waals surface area contributed by atoms with Gasteiger partial charge in [-0.1, -0.05) is 18.2 Å². The first-order chi connectivity index (χ1) is 10.7. The van der Waals surface area contributed by atoms with Gasteiger partial charge in [-0.25, -0.2) is 4.98 Å². The fourth-order valence-corrected chi connectivity index (χ4v) is 3.30. The van der Waals surface area contributed by atoms with E-state index in [2.05, 4.69) is 20.1 Å². The molecule has 116 valence electrons. The van der Waals surface area contributed by atoms with Crippen LogP contribution in [-0.2, 0) is 4.79 Å². The number of aromatic nitrogens is 1. The molecule has 1 aliphatic heterocycles. The van der Waals surface area contributed by atoms with Crippen LogP contribution in [-0.4, -0.2) is 48.0 Å². The number of carbonyl (C=O) groups excluding carboxylic acids is 1. The van der Waals surface area contributed by atoms with Gasteiger partial charge in [0, 0.05) is 43.4 Å². The van der Waals surface area contributed by atoms with Gasteiger partial charge in [0.25, 0.3) is 0 Å². The van der Waals surface area contributed by atoms with Crippen LogP contribution in [0.15, 0.2) is 41.9 Å². The highest BCUT2D eigenvalue weighted by molar-refractivity contribution is 7.13. The lowest BCUT2D eigenvalue weighted by molar-refractivity contribution is -0.120. The summed E-state index contributed by atoms with van der Waals surface area (Å²) in [5.74, 6) is 0.0499. The highest BCUT2D eigenvalue weighted by Gasteiger charge is 2.26. The second-order valence-electron chi connectivity index (χ2n) is 5.37. The van der Waals surface area contributed by atoms with Crippen LogP contribution in [0.5, 0.6) is 0 Å². The Labute approximate surface area is 134 Å². The highest BCUT2D eigenvalue weighted by atomic mass is 32.1. The summed E-state index contributed by atoms with van der Waals surface area (Å²) < 4.78 is 0. The van der Waals surface area contributed by atoms with Gasteiger partial charge >= 0.3 is 0 Å². The van der Waals surface area contributed by atoms with Crippen molar-refractivity contribution in [1.82, 2.24) is 9.88 Å². The van der Waals surface area contributed by atoms with E-state index in [1.807, 2.05) is 48.8 Å². The fraction of sp³-hybridized carbons (Fsp3) is 0.375. The summed E-state index contributed by atoms with van der Waals surface area (Å²) in [5.41, 5.74) is 0.848. The minimum absolute atomic E-state index is 0.0499. The Morgan fingerprint density at radius 1 is 1.23 bits per heavy atom. The average molecular weight is 316 g/mol. The van der Waals surface area contributed by atoms with Crippen molar-refractivity contribution in [3.05, 3.63) is 41.9 Å². The molecule has 22 heavy (non-hydrogen) atoms. The van der Waals surface area contributed by atoms with E-state index in [0.717, 1.165) is 37.0 Å². The summed E-state index contributed by atoms with van der Waals surface area (Å²) in [7, 11) is 0. The minimum atomic E-state index is -0.126. The summed E-state index contributed by atoms with van der Waals surface area (Å²) in [5, 5.41) is 6.04. The van der Waals surface area contributed by atoms with Gasteiger partial charge in [-0.2, -0.15) is 0 Å². The number of benzene rings is 1. The average Bonchev–Trinajstić information content (AvgIpc) is 3.10. The first-order valence-corrected chi connectivity index (χ1v) is 8.36. The molecule has 1 aromatic carbocycles. The van der Waals surface area contributed by atoms with E-state index in [1.54, 1.807) is 11.3 Å². The van der Waals surface area contributed by atoms with Crippen LogP contribution in [0.25, 0.3) is 0 Å². The lowest BCUT2D eigenvalue weighted by atomic mass is 10.2. The predicted octanol–water partition coefficient (Wildman–Crippen LogP) is 2.29. The van der Waals surface area contributed by atoms with Crippen molar-refractivity contribution in [2.75, 3.05) is 36.4 Å². The molecule has 0 saturated carbocycles. The van der Waals surface area contributed by atoms with Crippen LogP contribution in [0, 0.1) is 0 Å². The van der Waals surface area contributed by atoms with E-state index in [9.17, 15) is 4.79 Å². The number of piperazine rings is 1. The Morgan fingerprint density at radius 2 is 1.95 bits per heavy atom. The molecule has 0 bridgehead atoms. The molecule has 2 aromatic rings. The number of amides is 1. The third-order valence-corrected chi connectivity index (χ3v) is 4.80. The van der Waals surface area contributed by atoms with Gasteiger partial charge in [-0.3, -0.25) is 9.69 Å². The molecule has 3 rings (SSSR count). The Bertz CT molecular complexity index is 594. The zero-order valence-corrected chi connectivity index (χ0v) is 13.4. The Balaban J connectivity index is 1.53.